The Morgan fingerprint density at radius 2 is 1.04 bits per heavy atom. The average molecular weight is 1040 g/mol. The molecule has 12 heteroatoms. The van der Waals surface area contributed by atoms with Crippen molar-refractivity contribution >= 4 is 28.6 Å². The lowest BCUT2D eigenvalue weighted by molar-refractivity contribution is -0.134. The zero-order chi connectivity index (χ0) is 53.5. The molecule has 0 N–H and O–H groups in total. The molecule has 1 aromatic carbocycles. The van der Waals surface area contributed by atoms with E-state index >= 15 is 0 Å². The van der Waals surface area contributed by atoms with Crippen LogP contribution in [0.3, 0.4) is 0 Å². The second kappa shape index (κ2) is 35.5. The number of carbonyl (C=O) groups excluding carboxylic acids is 2. The van der Waals surface area contributed by atoms with Crippen LogP contribution in [0.2, 0.25) is 36.3 Å². The lowest BCUT2D eigenvalue weighted by atomic mass is 10.0. The lowest BCUT2D eigenvalue weighted by Gasteiger charge is -2.42. The monoisotopic (exact) mass is 1040 g/mol. The van der Waals surface area contributed by atoms with E-state index in [0.29, 0.717) is 19.4 Å². The van der Waals surface area contributed by atoms with E-state index in [-0.39, 0.29) is 58.1 Å². The number of rotatable bonds is 41. The Balaban J connectivity index is 2.33. The molecular weight excluding hydrogens is 933 g/mol. The molecule has 0 bridgehead atoms. The first kappa shape index (κ1) is 65.3. The van der Waals surface area contributed by atoms with E-state index in [1.54, 1.807) is 6.20 Å². The molecule has 2 aromatic rings. The number of nitrogens with zero attached hydrogens (tertiary/aromatic N) is 2. The third-order valence-electron chi connectivity index (χ3n) is 15.3. The largest absolute Gasteiger partial charge is 0.493 e. The first-order valence-electron chi connectivity index (χ1n) is 28.8. The van der Waals surface area contributed by atoms with E-state index in [0.717, 1.165) is 44.5 Å². The number of hydrogen-bond donors (Lipinski definition) is 0. The van der Waals surface area contributed by atoms with Crippen LogP contribution in [0.15, 0.2) is 36.5 Å². The van der Waals surface area contributed by atoms with E-state index in [1.807, 2.05) is 18.2 Å². The molecule has 414 valence electrons. The molecule has 10 nitrogen and oxygen atoms in total. The van der Waals surface area contributed by atoms with Crippen molar-refractivity contribution in [1.82, 2.24) is 9.88 Å². The summed E-state index contributed by atoms with van der Waals surface area (Å²) in [5, 5.41) is 0.170. The zero-order valence-corrected chi connectivity index (χ0v) is 50.8. The molecule has 0 saturated heterocycles. The molecule has 0 aliphatic rings. The highest BCUT2D eigenvalue weighted by molar-refractivity contribution is 6.74. The fourth-order valence-corrected chi connectivity index (χ4v) is 11.5. The number of pyridine rings is 1. The summed E-state index contributed by atoms with van der Waals surface area (Å²) in [4.78, 5) is 33.8. The van der Waals surface area contributed by atoms with Gasteiger partial charge in [0.25, 0.3) is 0 Å². The molecule has 0 radical (unpaired) electrons. The van der Waals surface area contributed by atoms with Gasteiger partial charge in [0.2, 0.25) is 5.75 Å². The number of esters is 2. The van der Waals surface area contributed by atoms with Gasteiger partial charge >= 0.3 is 11.9 Å². The van der Waals surface area contributed by atoms with Crippen LogP contribution in [0.4, 0.5) is 0 Å². The van der Waals surface area contributed by atoms with Crippen molar-refractivity contribution < 1.29 is 37.4 Å². The van der Waals surface area contributed by atoms with E-state index in [9.17, 15) is 9.59 Å². The molecule has 0 aliphatic heterocycles. The standard InChI is InChI=1S/C60H108N2O8Si2/c1-15-17-19-21-23-25-27-29-31-33-39-52(69-71(11,12)59(3,4)5)48-62(49-53(70-72(13,14)60(6,7)8)40-34-32-30-28-26-24-22-20-18-16-2)44-37-41-56(63)68-57-54(65-9)46-50(47-55(57)66-10)58(64)67-45-42-51-38-35-36-43-61-51/h35-36,38,43,46-47,52-53H,15-34,37,39-42,44-45,48-49H2,1-14H3. The Bertz CT molecular complexity index is 1660. The Hall–Kier alpha value is -2.78. The molecule has 1 aromatic heterocycles. The maximum atomic E-state index is 13.8. The average Bonchev–Trinajstić information content (AvgIpc) is 3.31. The van der Waals surface area contributed by atoms with Gasteiger partial charge < -0.3 is 27.8 Å². The first-order valence-corrected chi connectivity index (χ1v) is 34.6. The molecule has 2 rings (SSSR count). The molecular formula is C60H108N2O8Si2. The van der Waals surface area contributed by atoms with Crippen LogP contribution in [-0.4, -0.2) is 91.1 Å². The number of hydrogen-bond acceptors (Lipinski definition) is 10. The van der Waals surface area contributed by atoms with Crippen LogP contribution in [-0.2, 0) is 24.8 Å². The summed E-state index contributed by atoms with van der Waals surface area (Å²) >= 11 is 0. The highest BCUT2D eigenvalue weighted by atomic mass is 28.4. The summed E-state index contributed by atoms with van der Waals surface area (Å²) in [6.45, 7) is 30.6. The first-order chi connectivity index (χ1) is 34.2. The summed E-state index contributed by atoms with van der Waals surface area (Å²) in [6, 6.07) is 8.71. The minimum Gasteiger partial charge on any atom is -0.493 e. The third-order valence-corrected chi connectivity index (χ3v) is 24.4. The molecule has 0 spiro atoms. The molecule has 0 amide bonds. The smallest absolute Gasteiger partial charge is 0.338 e. The Labute approximate surface area is 443 Å². The fraction of sp³-hybridized carbons (Fsp3) is 0.783. The Morgan fingerprint density at radius 3 is 1.43 bits per heavy atom. The predicted octanol–water partition coefficient (Wildman–Crippen LogP) is 16.9. The van der Waals surface area contributed by atoms with Crippen molar-refractivity contribution in [2.75, 3.05) is 40.5 Å². The second-order valence-electron chi connectivity index (χ2n) is 23.7. The van der Waals surface area contributed by atoms with Crippen molar-refractivity contribution in [2.24, 2.45) is 0 Å². The quantitative estimate of drug-likeness (QED) is 0.0277. The highest BCUT2D eigenvalue weighted by Crippen LogP contribution is 2.41. The lowest BCUT2D eigenvalue weighted by Crippen LogP contribution is -2.50. The van der Waals surface area contributed by atoms with Crippen LogP contribution in [0.1, 0.15) is 226 Å². The third kappa shape index (κ3) is 26.6. The zero-order valence-electron chi connectivity index (χ0n) is 48.8. The van der Waals surface area contributed by atoms with Gasteiger partial charge in [-0.25, -0.2) is 4.79 Å². The van der Waals surface area contributed by atoms with Gasteiger partial charge in [0, 0.05) is 37.8 Å². The topological polar surface area (TPSA) is 106 Å². The van der Waals surface area contributed by atoms with Gasteiger partial charge in [0.15, 0.2) is 28.1 Å². The summed E-state index contributed by atoms with van der Waals surface area (Å²) in [5.41, 5.74) is 1.07. The van der Waals surface area contributed by atoms with Crippen molar-refractivity contribution in [3.05, 3.63) is 47.8 Å². The molecule has 0 aliphatic carbocycles. The highest BCUT2D eigenvalue weighted by Gasteiger charge is 2.41. The maximum Gasteiger partial charge on any atom is 0.338 e. The van der Waals surface area contributed by atoms with Gasteiger partial charge in [-0.3, -0.25) is 14.7 Å². The van der Waals surface area contributed by atoms with Gasteiger partial charge in [0.1, 0.15) is 0 Å². The number of methoxy groups -OCH3 is 2. The minimum atomic E-state index is -2.11. The van der Waals surface area contributed by atoms with Crippen LogP contribution in [0.5, 0.6) is 17.2 Å². The van der Waals surface area contributed by atoms with Gasteiger partial charge in [0.05, 0.1) is 38.6 Å². The summed E-state index contributed by atoms with van der Waals surface area (Å²) < 4.78 is 37.6. The molecule has 1 heterocycles. The van der Waals surface area contributed by atoms with Crippen molar-refractivity contribution in [1.29, 1.82) is 0 Å². The number of ether oxygens (including phenoxy) is 4. The van der Waals surface area contributed by atoms with Crippen molar-refractivity contribution in [2.45, 2.75) is 264 Å². The van der Waals surface area contributed by atoms with Gasteiger partial charge in [-0.1, -0.05) is 190 Å². The van der Waals surface area contributed by atoms with E-state index in [1.165, 1.54) is 142 Å². The van der Waals surface area contributed by atoms with E-state index < -0.39 is 28.6 Å². The maximum absolute atomic E-state index is 13.8. The molecule has 0 saturated carbocycles. The van der Waals surface area contributed by atoms with Gasteiger partial charge in [-0.2, -0.15) is 0 Å². The number of aromatic nitrogens is 1. The fourth-order valence-electron chi connectivity index (χ4n) is 8.70. The van der Waals surface area contributed by atoms with Crippen molar-refractivity contribution in [3.8, 4) is 17.2 Å². The van der Waals surface area contributed by atoms with E-state index in [4.69, 9.17) is 27.8 Å². The molecule has 2 atom stereocenters. The molecule has 0 fully saturated rings. The Morgan fingerprint density at radius 1 is 0.611 bits per heavy atom. The van der Waals surface area contributed by atoms with Gasteiger partial charge in [-0.15, -0.1) is 0 Å². The summed E-state index contributed by atoms with van der Waals surface area (Å²) in [5.74, 6) is -0.345. The SMILES string of the molecule is CCCCCCCCCCCCC(CN(CCCC(=O)Oc1c(OC)cc(C(=O)OCCc2ccccn2)cc1OC)CC(CCCCCCCCCCCC)O[Si](C)(C)C(C)(C)C)O[Si](C)(C)C(C)(C)C. The van der Waals surface area contributed by atoms with Crippen LogP contribution >= 0.6 is 0 Å². The Kier molecular flexibility index (Phi) is 32.2. The van der Waals surface area contributed by atoms with Crippen molar-refractivity contribution in [3.63, 3.8) is 0 Å². The normalized spacial score (nSPS) is 13.3. The van der Waals surface area contributed by atoms with Crippen LogP contribution < -0.4 is 14.2 Å². The second-order valence-corrected chi connectivity index (χ2v) is 33.2. The van der Waals surface area contributed by atoms with Crippen LogP contribution in [0.25, 0.3) is 0 Å². The number of unbranched alkanes of at least 4 members (excludes halogenated alkanes) is 18. The molecule has 72 heavy (non-hydrogen) atoms. The number of benzene rings is 1. The van der Waals surface area contributed by atoms with E-state index in [2.05, 4.69) is 91.5 Å². The summed E-state index contributed by atoms with van der Waals surface area (Å²) in [6.07, 6.45) is 31.4. The molecule has 2 unspecified atom stereocenters. The van der Waals surface area contributed by atoms with Gasteiger partial charge in [-0.05, 0) is 86.3 Å². The number of carbonyl (C=O) groups is 2. The predicted molar refractivity (Wildman–Crippen MR) is 306 cm³/mol. The minimum absolute atomic E-state index is 0.0851. The van der Waals surface area contributed by atoms with Crippen LogP contribution in [0, 0.1) is 0 Å². The summed E-state index contributed by atoms with van der Waals surface area (Å²) in [7, 11) is -1.25.